The van der Waals surface area contributed by atoms with Crippen molar-refractivity contribution in [2.24, 2.45) is 7.05 Å². The first-order chi connectivity index (χ1) is 19.7. The lowest BCUT2D eigenvalue weighted by Gasteiger charge is -2.13. The molecule has 41 heavy (non-hydrogen) atoms. The molecule has 0 saturated carbocycles. The number of fused-ring (bicyclic) bond motifs is 1. The average Bonchev–Trinajstić information content (AvgIpc) is 3.26. The standard InChI is InChI=1S/C30H23F2N7O2/c1-4-24(40)36-14-17-5-7-20(21(31)11-17)28-25(26-27(39(28)3)19(13-33)15-37-29(26)34)18-6-8-23(22(32)12-18)41-30-35-10-9-16(2)38-30/h4-12,15H,1,14H2,2-3H3,(H2,34,37)(H,36,40). The molecule has 0 aliphatic heterocycles. The molecule has 11 heteroatoms. The third-order valence-electron chi connectivity index (χ3n) is 6.49. The molecule has 0 spiro atoms. The summed E-state index contributed by atoms with van der Waals surface area (Å²) in [5.74, 6) is -1.71. The summed E-state index contributed by atoms with van der Waals surface area (Å²) in [7, 11) is 1.67. The Hall–Kier alpha value is -5.63. The van der Waals surface area contributed by atoms with Crippen molar-refractivity contribution in [1.82, 2.24) is 24.8 Å². The van der Waals surface area contributed by atoms with E-state index in [1.165, 1.54) is 30.6 Å². The fourth-order valence-corrected chi connectivity index (χ4v) is 4.62. The van der Waals surface area contributed by atoms with E-state index in [1.54, 1.807) is 42.8 Å². The van der Waals surface area contributed by atoms with Crippen molar-refractivity contribution < 1.29 is 18.3 Å². The highest BCUT2D eigenvalue weighted by Gasteiger charge is 2.26. The van der Waals surface area contributed by atoms with Gasteiger partial charge in [0, 0.05) is 42.8 Å². The molecule has 5 rings (SSSR count). The number of nitrogen functional groups attached to an aromatic ring is 1. The highest BCUT2D eigenvalue weighted by molar-refractivity contribution is 6.10. The van der Waals surface area contributed by atoms with E-state index in [2.05, 4.69) is 32.9 Å². The summed E-state index contributed by atoms with van der Waals surface area (Å²) < 4.78 is 38.3. The summed E-state index contributed by atoms with van der Waals surface area (Å²) in [6.45, 7) is 5.25. The zero-order valence-corrected chi connectivity index (χ0v) is 22.1. The van der Waals surface area contributed by atoms with Crippen LogP contribution in [0.15, 0.2) is 67.5 Å². The molecule has 3 aromatic heterocycles. The Kier molecular flexibility index (Phi) is 7.14. The molecule has 3 heterocycles. The number of benzene rings is 2. The molecular formula is C30H23F2N7O2. The normalized spacial score (nSPS) is 10.8. The first-order valence-corrected chi connectivity index (χ1v) is 12.3. The second-order valence-electron chi connectivity index (χ2n) is 9.14. The lowest BCUT2D eigenvalue weighted by Crippen LogP contribution is -2.20. The van der Waals surface area contributed by atoms with E-state index in [0.29, 0.717) is 39.0 Å². The molecule has 9 nitrogen and oxygen atoms in total. The largest absolute Gasteiger partial charge is 0.421 e. The molecule has 0 atom stereocenters. The third kappa shape index (κ3) is 5.06. The predicted octanol–water partition coefficient (Wildman–Crippen LogP) is 5.33. The van der Waals surface area contributed by atoms with Crippen LogP contribution in [0, 0.1) is 29.9 Å². The summed E-state index contributed by atoms with van der Waals surface area (Å²) in [6.07, 6.45) is 3.97. The van der Waals surface area contributed by atoms with Crippen LogP contribution in [0.5, 0.6) is 11.8 Å². The fourth-order valence-electron chi connectivity index (χ4n) is 4.62. The van der Waals surface area contributed by atoms with Gasteiger partial charge in [0.2, 0.25) is 5.91 Å². The number of nitriles is 1. The van der Waals surface area contributed by atoms with Gasteiger partial charge in [-0.05, 0) is 54.5 Å². The molecule has 0 radical (unpaired) electrons. The molecule has 0 saturated heterocycles. The van der Waals surface area contributed by atoms with Crippen molar-refractivity contribution in [3.8, 4) is 40.2 Å². The maximum atomic E-state index is 15.7. The van der Waals surface area contributed by atoms with Gasteiger partial charge in [0.1, 0.15) is 17.7 Å². The second kappa shape index (κ2) is 10.9. The maximum absolute atomic E-state index is 15.7. The third-order valence-corrected chi connectivity index (χ3v) is 6.49. The summed E-state index contributed by atoms with van der Waals surface area (Å²) in [5.41, 5.74) is 9.36. The fraction of sp³-hybridized carbons (Fsp3) is 0.100. The molecule has 0 aliphatic rings. The molecule has 0 aliphatic carbocycles. The van der Waals surface area contributed by atoms with Crippen LogP contribution < -0.4 is 15.8 Å². The van der Waals surface area contributed by atoms with Crippen molar-refractivity contribution in [2.75, 3.05) is 5.73 Å². The van der Waals surface area contributed by atoms with Gasteiger partial charge in [-0.2, -0.15) is 5.26 Å². The lowest BCUT2D eigenvalue weighted by atomic mass is 9.97. The minimum atomic E-state index is -0.715. The van der Waals surface area contributed by atoms with Gasteiger partial charge in [0.25, 0.3) is 0 Å². The van der Waals surface area contributed by atoms with Crippen molar-refractivity contribution in [3.63, 3.8) is 0 Å². The van der Waals surface area contributed by atoms with Crippen LogP contribution in [0.2, 0.25) is 0 Å². The number of nitrogens with two attached hydrogens (primary N) is 1. The van der Waals surface area contributed by atoms with Gasteiger partial charge in [-0.1, -0.05) is 18.7 Å². The van der Waals surface area contributed by atoms with Gasteiger partial charge in [-0.25, -0.2) is 23.7 Å². The topological polar surface area (TPSA) is 132 Å². The number of carbonyl (C=O) groups is 1. The number of carbonyl (C=O) groups excluding carboxylic acids is 1. The van der Waals surface area contributed by atoms with Crippen LogP contribution in [-0.2, 0) is 18.4 Å². The number of nitrogens with zero attached hydrogens (tertiary/aromatic N) is 5. The van der Waals surface area contributed by atoms with Crippen LogP contribution in [-0.4, -0.2) is 25.4 Å². The zero-order valence-electron chi connectivity index (χ0n) is 22.1. The Morgan fingerprint density at radius 3 is 2.68 bits per heavy atom. The number of nitrogens with one attached hydrogen (secondary N) is 1. The Bertz CT molecular complexity index is 1890. The number of hydrogen-bond acceptors (Lipinski definition) is 7. The van der Waals surface area contributed by atoms with Gasteiger partial charge >= 0.3 is 6.01 Å². The molecule has 204 valence electrons. The number of anilines is 1. The quantitative estimate of drug-likeness (QED) is 0.261. The summed E-state index contributed by atoms with van der Waals surface area (Å²) >= 11 is 0. The Morgan fingerprint density at radius 1 is 1.20 bits per heavy atom. The first-order valence-electron chi connectivity index (χ1n) is 12.3. The van der Waals surface area contributed by atoms with Crippen LogP contribution in [0.25, 0.3) is 33.3 Å². The Balaban J connectivity index is 1.68. The molecule has 0 bridgehead atoms. The van der Waals surface area contributed by atoms with E-state index in [1.807, 2.05) is 0 Å². The number of pyridine rings is 1. The molecule has 1 amide bonds. The van der Waals surface area contributed by atoms with E-state index < -0.39 is 11.6 Å². The van der Waals surface area contributed by atoms with Crippen LogP contribution >= 0.6 is 0 Å². The Morgan fingerprint density at radius 2 is 2.00 bits per heavy atom. The van der Waals surface area contributed by atoms with Crippen LogP contribution in [0.4, 0.5) is 14.6 Å². The van der Waals surface area contributed by atoms with Crippen molar-refractivity contribution in [3.05, 3.63) is 96.0 Å². The second-order valence-corrected chi connectivity index (χ2v) is 9.14. The van der Waals surface area contributed by atoms with E-state index >= 15 is 8.78 Å². The minimum Gasteiger partial charge on any atom is -0.421 e. The van der Waals surface area contributed by atoms with E-state index in [4.69, 9.17) is 10.5 Å². The number of aryl methyl sites for hydroxylation is 2. The molecule has 0 unspecified atom stereocenters. The van der Waals surface area contributed by atoms with Crippen molar-refractivity contribution in [1.29, 1.82) is 5.26 Å². The molecule has 5 aromatic rings. The van der Waals surface area contributed by atoms with Gasteiger partial charge in [-0.3, -0.25) is 4.79 Å². The SMILES string of the molecule is C=CC(=O)NCc1ccc(-c2c(-c3ccc(Oc4nccc(C)n4)c(F)c3)c3c(N)ncc(C#N)c3n2C)c(F)c1. The van der Waals surface area contributed by atoms with E-state index in [-0.39, 0.29) is 41.2 Å². The highest BCUT2D eigenvalue weighted by atomic mass is 19.1. The van der Waals surface area contributed by atoms with Crippen molar-refractivity contribution >= 4 is 22.6 Å². The molecule has 3 N–H and O–H groups in total. The van der Waals surface area contributed by atoms with E-state index in [0.717, 1.165) is 6.08 Å². The predicted molar refractivity (Wildman–Crippen MR) is 150 cm³/mol. The summed E-state index contributed by atoms with van der Waals surface area (Å²) in [6, 6.07) is 12.5. The number of ether oxygens (including phenoxy) is 1. The maximum Gasteiger partial charge on any atom is 0.322 e. The molecular weight excluding hydrogens is 528 g/mol. The summed E-state index contributed by atoms with van der Waals surface area (Å²) in [5, 5.41) is 12.8. The number of aromatic nitrogens is 4. The average molecular weight is 552 g/mol. The van der Waals surface area contributed by atoms with Crippen LogP contribution in [0.3, 0.4) is 0 Å². The number of halogens is 2. The lowest BCUT2D eigenvalue weighted by molar-refractivity contribution is -0.116. The monoisotopic (exact) mass is 551 g/mol. The van der Waals surface area contributed by atoms with Gasteiger partial charge < -0.3 is 20.4 Å². The first kappa shape index (κ1) is 27.0. The van der Waals surface area contributed by atoms with Gasteiger partial charge in [0.15, 0.2) is 11.6 Å². The smallest absolute Gasteiger partial charge is 0.322 e. The molecule has 2 aromatic carbocycles. The van der Waals surface area contributed by atoms with Gasteiger partial charge in [-0.15, -0.1) is 0 Å². The van der Waals surface area contributed by atoms with Crippen LogP contribution in [0.1, 0.15) is 16.8 Å². The van der Waals surface area contributed by atoms with E-state index in [9.17, 15) is 10.1 Å². The van der Waals surface area contributed by atoms with Crippen molar-refractivity contribution in [2.45, 2.75) is 13.5 Å². The zero-order chi connectivity index (χ0) is 29.3. The number of amides is 1. The summed E-state index contributed by atoms with van der Waals surface area (Å²) in [4.78, 5) is 23.9. The van der Waals surface area contributed by atoms with Gasteiger partial charge in [0.05, 0.1) is 22.2 Å². The minimum absolute atomic E-state index is 0.0129. The molecule has 0 fully saturated rings. The Labute approximate surface area is 233 Å². The number of rotatable bonds is 7. The highest BCUT2D eigenvalue weighted by Crippen LogP contribution is 2.44. The number of hydrogen-bond donors (Lipinski definition) is 2.